The topological polar surface area (TPSA) is 30.0 Å². The number of carbonyl (C=O) groups is 1. The first kappa shape index (κ1) is 7.98. The number of carbonyl (C=O) groups excluding carboxylic acids is 1. The Balaban J connectivity index is 2.77. The Hall–Kier alpha value is -0.120. The van der Waals surface area contributed by atoms with Crippen molar-refractivity contribution in [1.82, 2.24) is 4.98 Å². The van der Waals surface area contributed by atoms with E-state index in [0.717, 1.165) is 0 Å². The van der Waals surface area contributed by atoms with Crippen LogP contribution in [0.5, 0.6) is 0 Å². The highest BCUT2D eigenvalue weighted by molar-refractivity contribution is 7.10. The zero-order valence-electron chi connectivity index (χ0n) is 4.75. The molecule has 0 N–H and O–H groups in total. The van der Waals surface area contributed by atoms with Crippen LogP contribution < -0.4 is 0 Å². The van der Waals surface area contributed by atoms with Crippen molar-refractivity contribution in [2.75, 3.05) is 0 Å². The monoisotopic (exact) mass is 195 g/mol. The molecule has 0 radical (unpaired) electrons. The number of alkyl halides is 1. The molecule has 0 amide bonds. The molecule has 10 heavy (non-hydrogen) atoms. The van der Waals surface area contributed by atoms with Gasteiger partial charge in [0, 0.05) is 11.6 Å². The predicted molar refractivity (Wildman–Crippen MR) is 41.6 cm³/mol. The van der Waals surface area contributed by atoms with E-state index >= 15 is 0 Å². The smallest absolute Gasteiger partial charge is 0.246 e. The van der Waals surface area contributed by atoms with Crippen LogP contribution in [-0.4, -0.2) is 10.2 Å². The highest BCUT2D eigenvalue weighted by atomic mass is 35.5. The molecule has 0 aliphatic heterocycles. The molecule has 1 aromatic rings. The third-order valence-corrected chi connectivity index (χ3v) is 2.57. The summed E-state index contributed by atoms with van der Waals surface area (Å²) in [6.07, 6.45) is 1.58. The summed E-state index contributed by atoms with van der Waals surface area (Å²) in [6, 6.07) is 0. The number of hydrogen-bond acceptors (Lipinski definition) is 3. The molecule has 0 saturated carbocycles. The maximum atomic E-state index is 10.4. The van der Waals surface area contributed by atoms with E-state index in [0.29, 0.717) is 5.01 Å². The number of nitrogens with zero attached hydrogens (tertiary/aromatic N) is 1. The zero-order valence-corrected chi connectivity index (χ0v) is 7.08. The fourth-order valence-electron chi connectivity index (χ4n) is 0.457. The van der Waals surface area contributed by atoms with Crippen LogP contribution in [0, 0.1) is 0 Å². The average molecular weight is 196 g/mol. The Morgan fingerprint density at radius 1 is 1.80 bits per heavy atom. The van der Waals surface area contributed by atoms with Crippen LogP contribution in [0.15, 0.2) is 11.6 Å². The summed E-state index contributed by atoms with van der Waals surface area (Å²) in [6.45, 7) is 0. The largest absolute Gasteiger partial charge is 0.279 e. The highest BCUT2D eigenvalue weighted by Gasteiger charge is 2.16. The molecule has 0 spiro atoms. The van der Waals surface area contributed by atoms with Crippen molar-refractivity contribution < 1.29 is 4.79 Å². The Morgan fingerprint density at radius 2 is 2.50 bits per heavy atom. The van der Waals surface area contributed by atoms with Gasteiger partial charge >= 0.3 is 0 Å². The van der Waals surface area contributed by atoms with Crippen LogP contribution in [0.25, 0.3) is 0 Å². The van der Waals surface area contributed by atoms with E-state index in [4.69, 9.17) is 23.2 Å². The van der Waals surface area contributed by atoms with Gasteiger partial charge in [0.1, 0.15) is 5.01 Å². The number of aromatic nitrogens is 1. The first-order valence-corrected chi connectivity index (χ1v) is 4.14. The van der Waals surface area contributed by atoms with Crippen LogP contribution in [0.1, 0.15) is 10.4 Å². The molecule has 0 bridgehead atoms. The van der Waals surface area contributed by atoms with E-state index in [1.165, 1.54) is 11.3 Å². The summed E-state index contributed by atoms with van der Waals surface area (Å²) in [7, 11) is 0. The van der Waals surface area contributed by atoms with Crippen molar-refractivity contribution in [3.8, 4) is 0 Å². The van der Waals surface area contributed by atoms with Crippen molar-refractivity contribution in [2.45, 2.75) is 5.38 Å². The van der Waals surface area contributed by atoms with Gasteiger partial charge < -0.3 is 0 Å². The lowest BCUT2D eigenvalue weighted by atomic mass is 10.5. The Morgan fingerprint density at radius 3 is 2.90 bits per heavy atom. The van der Waals surface area contributed by atoms with E-state index in [9.17, 15) is 4.79 Å². The summed E-state index contributed by atoms with van der Waals surface area (Å²) in [5, 5.41) is 0.907. The molecule has 5 heteroatoms. The molecular weight excluding hydrogens is 193 g/mol. The lowest BCUT2D eigenvalue weighted by Crippen LogP contribution is -1.97. The summed E-state index contributed by atoms with van der Waals surface area (Å²) in [4.78, 5) is 14.3. The number of rotatable bonds is 2. The maximum Gasteiger partial charge on any atom is 0.246 e. The van der Waals surface area contributed by atoms with E-state index in [-0.39, 0.29) is 0 Å². The van der Waals surface area contributed by atoms with E-state index in [1.807, 2.05) is 0 Å². The third kappa shape index (κ3) is 1.68. The molecule has 0 aliphatic carbocycles. The van der Waals surface area contributed by atoms with Gasteiger partial charge in [-0.15, -0.1) is 22.9 Å². The molecule has 0 saturated heterocycles. The van der Waals surface area contributed by atoms with E-state index < -0.39 is 10.6 Å². The quantitative estimate of drug-likeness (QED) is 0.536. The predicted octanol–water partition coefficient (Wildman–Crippen LogP) is 2.19. The van der Waals surface area contributed by atoms with Gasteiger partial charge in [0.25, 0.3) is 0 Å². The van der Waals surface area contributed by atoms with Gasteiger partial charge in [0.2, 0.25) is 5.24 Å². The van der Waals surface area contributed by atoms with Crippen LogP contribution in [0.2, 0.25) is 0 Å². The molecule has 1 unspecified atom stereocenters. The van der Waals surface area contributed by atoms with E-state index in [1.54, 1.807) is 11.6 Å². The number of thiazole rings is 1. The van der Waals surface area contributed by atoms with Crippen molar-refractivity contribution in [3.05, 3.63) is 16.6 Å². The van der Waals surface area contributed by atoms with Crippen molar-refractivity contribution in [1.29, 1.82) is 0 Å². The van der Waals surface area contributed by atoms with Crippen LogP contribution in [0.3, 0.4) is 0 Å². The SMILES string of the molecule is O=C(Cl)C(Cl)c1nccs1. The van der Waals surface area contributed by atoms with Crippen LogP contribution >= 0.6 is 34.5 Å². The number of hydrogen-bond donors (Lipinski definition) is 0. The molecule has 1 aromatic heterocycles. The lowest BCUT2D eigenvalue weighted by Gasteiger charge is -1.95. The summed E-state index contributed by atoms with van der Waals surface area (Å²) < 4.78 is 0. The highest BCUT2D eigenvalue weighted by Crippen LogP contribution is 2.24. The molecule has 1 atom stereocenters. The lowest BCUT2D eigenvalue weighted by molar-refractivity contribution is -0.111. The minimum absolute atomic E-state index is 0.543. The second-order valence-electron chi connectivity index (χ2n) is 1.54. The maximum absolute atomic E-state index is 10.4. The molecular formula is C5H3Cl2NOS. The fraction of sp³-hybridized carbons (Fsp3) is 0.200. The molecule has 1 rings (SSSR count). The van der Waals surface area contributed by atoms with Gasteiger partial charge in [-0.25, -0.2) is 4.98 Å². The first-order chi connectivity index (χ1) is 4.72. The Kier molecular flexibility index (Phi) is 2.65. The minimum Gasteiger partial charge on any atom is -0.279 e. The van der Waals surface area contributed by atoms with Crippen molar-refractivity contribution >= 4 is 39.8 Å². The molecule has 0 aliphatic rings. The standard InChI is InChI=1S/C5H3Cl2NOS/c6-3(4(7)9)5-8-1-2-10-5/h1-3H. The summed E-state index contributed by atoms with van der Waals surface area (Å²) >= 11 is 12.0. The van der Waals surface area contributed by atoms with E-state index in [2.05, 4.69) is 4.98 Å². The fourth-order valence-corrected chi connectivity index (χ4v) is 1.44. The van der Waals surface area contributed by atoms with Crippen molar-refractivity contribution in [2.24, 2.45) is 0 Å². The third-order valence-electron chi connectivity index (χ3n) is 0.867. The van der Waals surface area contributed by atoms with Gasteiger partial charge in [-0.1, -0.05) is 0 Å². The molecule has 0 aromatic carbocycles. The van der Waals surface area contributed by atoms with Crippen LogP contribution in [-0.2, 0) is 4.79 Å². The second kappa shape index (κ2) is 3.32. The van der Waals surface area contributed by atoms with Crippen molar-refractivity contribution in [3.63, 3.8) is 0 Å². The summed E-state index contributed by atoms with van der Waals surface area (Å²) in [5.41, 5.74) is 0. The van der Waals surface area contributed by atoms with Gasteiger partial charge in [-0.05, 0) is 11.6 Å². The summed E-state index contributed by atoms with van der Waals surface area (Å²) in [5.74, 6) is 0. The van der Waals surface area contributed by atoms with Gasteiger partial charge in [-0.3, -0.25) is 4.79 Å². The Labute approximate surface area is 71.8 Å². The molecule has 2 nitrogen and oxygen atoms in total. The Bertz CT molecular complexity index is 224. The molecule has 1 heterocycles. The van der Waals surface area contributed by atoms with Crippen LogP contribution in [0.4, 0.5) is 0 Å². The average Bonchev–Trinajstić information content (AvgIpc) is 2.36. The zero-order chi connectivity index (χ0) is 7.56. The molecule has 54 valence electrons. The molecule has 0 fully saturated rings. The van der Waals surface area contributed by atoms with Gasteiger partial charge in [0.15, 0.2) is 5.38 Å². The van der Waals surface area contributed by atoms with Gasteiger partial charge in [-0.2, -0.15) is 0 Å². The van der Waals surface area contributed by atoms with Gasteiger partial charge in [0.05, 0.1) is 0 Å². The normalized spacial score (nSPS) is 13.0. The second-order valence-corrected chi connectivity index (χ2v) is 3.27. The first-order valence-electron chi connectivity index (χ1n) is 2.44. The minimum atomic E-state index is -0.790. The number of halogens is 2.